The Morgan fingerprint density at radius 1 is 1.38 bits per heavy atom. The van der Waals surface area contributed by atoms with Gasteiger partial charge in [0.25, 0.3) is 0 Å². The molecule has 21 heavy (non-hydrogen) atoms. The molecule has 1 rings (SSSR count). The number of rotatable bonds is 8. The maximum absolute atomic E-state index is 11.8. The monoisotopic (exact) mass is 334 g/mol. The van der Waals surface area contributed by atoms with Gasteiger partial charge in [0.15, 0.2) is 0 Å². The van der Waals surface area contributed by atoms with E-state index in [1.165, 1.54) is 19.9 Å². The number of carbonyl (C=O) groups is 2. The van der Waals surface area contributed by atoms with E-state index in [1.807, 2.05) is 0 Å². The molecule has 0 radical (unpaired) electrons. The van der Waals surface area contributed by atoms with Crippen molar-refractivity contribution in [3.8, 4) is 0 Å². The lowest BCUT2D eigenvalue weighted by atomic mass is 9.94. The Morgan fingerprint density at radius 3 is 2.57 bits per heavy atom. The Labute approximate surface area is 127 Å². The molecule has 1 aromatic heterocycles. The van der Waals surface area contributed by atoms with Gasteiger partial charge in [-0.3, -0.25) is 9.59 Å². The molecule has 0 aromatic carbocycles. The predicted molar refractivity (Wildman–Crippen MR) is 78.6 cm³/mol. The van der Waals surface area contributed by atoms with Crippen LogP contribution in [0.2, 0.25) is 0 Å². The van der Waals surface area contributed by atoms with Gasteiger partial charge in [0.1, 0.15) is 4.21 Å². The van der Waals surface area contributed by atoms with Crippen molar-refractivity contribution in [1.29, 1.82) is 0 Å². The fraction of sp³-hybridized carbons (Fsp3) is 0.500. The van der Waals surface area contributed by atoms with Crippen molar-refractivity contribution in [2.24, 2.45) is 5.41 Å². The molecule has 3 N–H and O–H groups in total. The number of amides is 1. The van der Waals surface area contributed by atoms with Gasteiger partial charge >= 0.3 is 5.97 Å². The first kappa shape index (κ1) is 17.6. The summed E-state index contributed by atoms with van der Waals surface area (Å²) in [5, 5.41) is 13.0. The normalized spacial score (nSPS) is 12.1. The van der Waals surface area contributed by atoms with E-state index in [1.54, 1.807) is 11.4 Å². The average molecular weight is 334 g/mol. The summed E-state index contributed by atoms with van der Waals surface area (Å²) in [6.07, 6.45) is -0.0553. The van der Waals surface area contributed by atoms with Crippen LogP contribution in [0.25, 0.3) is 0 Å². The van der Waals surface area contributed by atoms with E-state index in [-0.39, 0.29) is 23.7 Å². The van der Waals surface area contributed by atoms with Crippen molar-refractivity contribution in [1.82, 2.24) is 10.0 Å². The lowest BCUT2D eigenvalue weighted by molar-refractivity contribution is -0.146. The first-order valence-corrected chi connectivity index (χ1v) is 8.55. The van der Waals surface area contributed by atoms with Crippen molar-refractivity contribution >= 4 is 33.2 Å². The lowest BCUT2D eigenvalue weighted by Gasteiger charge is -2.19. The van der Waals surface area contributed by atoms with Crippen LogP contribution in [0.3, 0.4) is 0 Å². The third-order valence-corrected chi connectivity index (χ3v) is 5.57. The molecule has 0 saturated carbocycles. The van der Waals surface area contributed by atoms with E-state index in [2.05, 4.69) is 10.0 Å². The van der Waals surface area contributed by atoms with E-state index >= 15 is 0 Å². The van der Waals surface area contributed by atoms with Crippen molar-refractivity contribution < 1.29 is 23.1 Å². The van der Waals surface area contributed by atoms with Crippen molar-refractivity contribution in [2.45, 2.75) is 24.5 Å². The number of carboxylic acids is 1. The summed E-state index contributed by atoms with van der Waals surface area (Å²) in [5.74, 6) is -1.42. The third-order valence-electron chi connectivity index (χ3n) is 2.71. The second kappa shape index (κ2) is 7.01. The molecule has 0 spiro atoms. The molecule has 0 atom stereocenters. The third kappa shape index (κ3) is 5.44. The molecule has 0 aliphatic heterocycles. The number of hydrogen-bond donors (Lipinski definition) is 3. The molecule has 9 heteroatoms. The maximum atomic E-state index is 11.8. The van der Waals surface area contributed by atoms with Crippen LogP contribution in [-0.4, -0.2) is 38.5 Å². The quantitative estimate of drug-likeness (QED) is 0.646. The van der Waals surface area contributed by atoms with E-state index in [0.717, 1.165) is 11.3 Å². The van der Waals surface area contributed by atoms with Crippen molar-refractivity contribution in [3.63, 3.8) is 0 Å². The highest BCUT2D eigenvalue weighted by Gasteiger charge is 2.27. The molecule has 0 aliphatic carbocycles. The van der Waals surface area contributed by atoms with Gasteiger partial charge < -0.3 is 10.4 Å². The zero-order valence-electron chi connectivity index (χ0n) is 11.8. The molecule has 0 bridgehead atoms. The van der Waals surface area contributed by atoms with Gasteiger partial charge in [-0.2, -0.15) is 0 Å². The molecule has 1 aromatic rings. The van der Waals surface area contributed by atoms with Gasteiger partial charge in [0.2, 0.25) is 15.9 Å². The minimum absolute atomic E-state index is 0.0150. The topological polar surface area (TPSA) is 113 Å². The Morgan fingerprint density at radius 2 is 2.05 bits per heavy atom. The molecule has 0 fully saturated rings. The predicted octanol–water partition coefficient (Wildman–Crippen LogP) is 0.643. The molecular weight excluding hydrogens is 316 g/mol. The van der Waals surface area contributed by atoms with Gasteiger partial charge in [0, 0.05) is 19.5 Å². The standard InChI is InChI=1S/C12H18N2O5S2/c1-12(2,11(16)17)8-13-9(15)5-6-14-21(18,19)10-4-3-7-20-10/h3-4,7,14H,5-6,8H2,1-2H3,(H,13,15)(H,16,17). The second-order valence-corrected chi connectivity index (χ2v) is 7.99. The SMILES string of the molecule is CC(C)(CNC(=O)CCNS(=O)(=O)c1cccs1)C(=O)O. The molecule has 1 heterocycles. The number of thiophene rings is 1. The average Bonchev–Trinajstić information content (AvgIpc) is 2.90. The van der Waals surface area contributed by atoms with Gasteiger partial charge in [-0.15, -0.1) is 11.3 Å². The summed E-state index contributed by atoms with van der Waals surface area (Å²) in [5.41, 5.74) is -1.06. The second-order valence-electron chi connectivity index (χ2n) is 5.05. The van der Waals surface area contributed by atoms with E-state index in [0.29, 0.717) is 0 Å². The van der Waals surface area contributed by atoms with Crippen LogP contribution in [0.1, 0.15) is 20.3 Å². The highest BCUT2D eigenvalue weighted by Crippen LogP contribution is 2.15. The molecule has 0 aliphatic rings. The van der Waals surface area contributed by atoms with Crippen LogP contribution in [-0.2, 0) is 19.6 Å². The fourth-order valence-corrected chi connectivity index (χ4v) is 3.34. The number of carboxylic acid groups (broad SMARTS) is 1. The highest BCUT2D eigenvalue weighted by atomic mass is 32.2. The lowest BCUT2D eigenvalue weighted by Crippen LogP contribution is -2.40. The van der Waals surface area contributed by atoms with Gasteiger partial charge in [0.05, 0.1) is 5.41 Å². The maximum Gasteiger partial charge on any atom is 0.310 e. The van der Waals surface area contributed by atoms with E-state index < -0.39 is 27.3 Å². The summed E-state index contributed by atoms with van der Waals surface area (Å²) < 4.78 is 26.0. The Kier molecular flexibility index (Phi) is 5.87. The molecule has 0 saturated heterocycles. The first-order valence-electron chi connectivity index (χ1n) is 6.18. The van der Waals surface area contributed by atoms with Crippen LogP contribution < -0.4 is 10.0 Å². The van der Waals surface area contributed by atoms with Crippen LogP contribution in [0.5, 0.6) is 0 Å². The van der Waals surface area contributed by atoms with Gasteiger partial charge in [-0.25, -0.2) is 13.1 Å². The number of nitrogens with one attached hydrogen (secondary N) is 2. The summed E-state index contributed by atoms with van der Waals surface area (Å²) >= 11 is 1.09. The minimum Gasteiger partial charge on any atom is -0.481 e. The van der Waals surface area contributed by atoms with Crippen LogP contribution in [0.15, 0.2) is 21.7 Å². The van der Waals surface area contributed by atoms with Gasteiger partial charge in [-0.1, -0.05) is 6.07 Å². The summed E-state index contributed by atoms with van der Waals surface area (Å²) in [7, 11) is -3.57. The van der Waals surface area contributed by atoms with Gasteiger partial charge in [-0.05, 0) is 25.3 Å². The fourth-order valence-electron chi connectivity index (χ4n) is 1.27. The molecule has 0 unspecified atom stereocenters. The number of hydrogen-bond acceptors (Lipinski definition) is 5. The summed E-state index contributed by atoms with van der Waals surface area (Å²) in [6, 6.07) is 3.10. The Hall–Kier alpha value is -1.45. The number of aliphatic carboxylic acids is 1. The largest absolute Gasteiger partial charge is 0.481 e. The first-order chi connectivity index (χ1) is 9.65. The summed E-state index contributed by atoms with van der Waals surface area (Å²) in [4.78, 5) is 22.4. The van der Waals surface area contributed by atoms with E-state index in [9.17, 15) is 18.0 Å². The zero-order chi connectivity index (χ0) is 16.1. The zero-order valence-corrected chi connectivity index (χ0v) is 13.4. The highest BCUT2D eigenvalue weighted by molar-refractivity contribution is 7.91. The van der Waals surface area contributed by atoms with Crippen molar-refractivity contribution in [2.75, 3.05) is 13.1 Å². The Bertz CT molecular complexity index is 593. The minimum atomic E-state index is -3.57. The van der Waals surface area contributed by atoms with E-state index in [4.69, 9.17) is 5.11 Å². The Balaban J connectivity index is 2.36. The molecule has 1 amide bonds. The number of sulfonamides is 1. The van der Waals surface area contributed by atoms with Crippen LogP contribution in [0.4, 0.5) is 0 Å². The molecule has 7 nitrogen and oxygen atoms in total. The van der Waals surface area contributed by atoms with Crippen LogP contribution >= 0.6 is 11.3 Å². The van der Waals surface area contributed by atoms with Crippen LogP contribution in [0, 0.1) is 5.41 Å². The smallest absolute Gasteiger partial charge is 0.310 e. The van der Waals surface area contributed by atoms with Crippen molar-refractivity contribution in [3.05, 3.63) is 17.5 Å². The number of carbonyl (C=O) groups excluding carboxylic acids is 1. The molecular formula is C12H18N2O5S2. The summed E-state index contributed by atoms with van der Waals surface area (Å²) in [6.45, 7) is 2.93. The molecule has 118 valence electrons.